The highest BCUT2D eigenvalue weighted by atomic mass is 16.5. The fourth-order valence-electron chi connectivity index (χ4n) is 3.85. The molecule has 4 rings (SSSR count). The molecule has 0 saturated carbocycles. The van der Waals surface area contributed by atoms with Crippen LogP contribution in [0.5, 0.6) is 5.75 Å². The molecular weight excluding hydrogens is 454 g/mol. The lowest BCUT2D eigenvalue weighted by Crippen LogP contribution is -2.43. The second-order valence-corrected chi connectivity index (χ2v) is 8.05. The maximum absolute atomic E-state index is 12.7. The molecule has 1 fully saturated rings. The molecule has 35 heavy (non-hydrogen) atoms. The van der Waals surface area contributed by atoms with E-state index in [1.165, 1.54) is 10.7 Å². The number of ether oxygens (including phenoxy) is 2. The van der Waals surface area contributed by atoms with Gasteiger partial charge >= 0.3 is 5.69 Å². The zero-order valence-electron chi connectivity index (χ0n) is 19.4. The van der Waals surface area contributed by atoms with E-state index < -0.39 is 17.2 Å². The highest BCUT2D eigenvalue weighted by Gasteiger charge is 2.20. The molecule has 2 N–H and O–H groups in total. The van der Waals surface area contributed by atoms with E-state index in [1.807, 2.05) is 31.2 Å². The van der Waals surface area contributed by atoms with Crippen LogP contribution in [0.2, 0.25) is 0 Å². The summed E-state index contributed by atoms with van der Waals surface area (Å²) >= 11 is 0. The average molecular weight is 482 g/mol. The van der Waals surface area contributed by atoms with Crippen molar-refractivity contribution in [1.82, 2.24) is 24.6 Å². The quantitative estimate of drug-likeness (QED) is 0.460. The minimum absolute atomic E-state index is 0.0583. The summed E-state index contributed by atoms with van der Waals surface area (Å²) in [5.41, 5.74) is -0.385. The fraction of sp³-hybridized carbons (Fsp3) is 0.375. The van der Waals surface area contributed by atoms with Crippen molar-refractivity contribution >= 4 is 5.91 Å². The minimum atomic E-state index is -0.686. The van der Waals surface area contributed by atoms with E-state index in [-0.39, 0.29) is 36.9 Å². The molecule has 11 nitrogen and oxygen atoms in total. The summed E-state index contributed by atoms with van der Waals surface area (Å²) in [6.07, 6.45) is 2.49. The number of nitrogens with one attached hydrogen (secondary N) is 2. The molecule has 0 radical (unpaired) electrons. The molecule has 1 aliphatic rings. The van der Waals surface area contributed by atoms with Crippen LogP contribution in [0.1, 0.15) is 30.1 Å². The number of benzene rings is 1. The molecular formula is C24H27N5O6. The molecule has 1 aromatic carbocycles. The van der Waals surface area contributed by atoms with E-state index >= 15 is 0 Å². The normalized spacial score (nSPS) is 15.2. The SMILES string of the molecule is CCOc1ccc(-c2ccc(=O)n(CCNC(=O)c3c[nH]c(=O)n(CC4CCCO4)c3=O)n2)cc1. The Labute approximate surface area is 200 Å². The summed E-state index contributed by atoms with van der Waals surface area (Å²) in [6, 6.07) is 10.4. The molecule has 0 bridgehead atoms. The number of H-pyrrole nitrogens is 1. The monoisotopic (exact) mass is 481 g/mol. The van der Waals surface area contributed by atoms with E-state index in [0.717, 1.165) is 34.9 Å². The number of aromatic amines is 1. The summed E-state index contributed by atoms with van der Waals surface area (Å²) in [5.74, 6) is 0.0902. The van der Waals surface area contributed by atoms with E-state index in [2.05, 4.69) is 15.4 Å². The summed E-state index contributed by atoms with van der Waals surface area (Å²) < 4.78 is 13.2. The van der Waals surface area contributed by atoms with Gasteiger partial charge in [0, 0.05) is 31.0 Å². The number of carbonyl (C=O) groups is 1. The van der Waals surface area contributed by atoms with Crippen LogP contribution in [0.25, 0.3) is 11.3 Å². The molecule has 1 atom stereocenters. The van der Waals surface area contributed by atoms with Crippen molar-refractivity contribution in [2.45, 2.75) is 39.0 Å². The lowest BCUT2D eigenvalue weighted by molar-refractivity contribution is 0.0922. The molecule has 3 aromatic rings. The number of aromatic nitrogens is 4. The number of carbonyl (C=O) groups excluding carboxylic acids is 1. The van der Waals surface area contributed by atoms with E-state index in [4.69, 9.17) is 9.47 Å². The van der Waals surface area contributed by atoms with Crippen LogP contribution < -0.4 is 26.9 Å². The van der Waals surface area contributed by atoms with Gasteiger partial charge in [-0.05, 0) is 50.1 Å². The Morgan fingerprint density at radius 3 is 2.71 bits per heavy atom. The second-order valence-electron chi connectivity index (χ2n) is 8.05. The third kappa shape index (κ3) is 5.75. The Balaban J connectivity index is 1.42. The molecule has 1 saturated heterocycles. The summed E-state index contributed by atoms with van der Waals surface area (Å²) in [4.78, 5) is 52.1. The van der Waals surface area contributed by atoms with Gasteiger partial charge in [0.05, 0.1) is 31.5 Å². The third-order valence-corrected chi connectivity index (χ3v) is 5.65. The molecule has 1 aliphatic heterocycles. The highest BCUT2D eigenvalue weighted by Crippen LogP contribution is 2.19. The zero-order chi connectivity index (χ0) is 24.8. The maximum Gasteiger partial charge on any atom is 0.328 e. The van der Waals surface area contributed by atoms with Crippen LogP contribution in [-0.2, 0) is 17.8 Å². The van der Waals surface area contributed by atoms with E-state index in [0.29, 0.717) is 18.9 Å². The van der Waals surface area contributed by atoms with Crippen LogP contribution in [0.15, 0.2) is 57.0 Å². The van der Waals surface area contributed by atoms with Gasteiger partial charge in [0.1, 0.15) is 11.3 Å². The number of rotatable bonds is 9. The molecule has 0 aliphatic carbocycles. The molecule has 1 unspecified atom stereocenters. The first kappa shape index (κ1) is 24.1. The first-order chi connectivity index (χ1) is 17.0. The van der Waals surface area contributed by atoms with E-state index in [1.54, 1.807) is 6.07 Å². The topological polar surface area (TPSA) is 137 Å². The van der Waals surface area contributed by atoms with Crippen LogP contribution >= 0.6 is 0 Å². The van der Waals surface area contributed by atoms with Gasteiger partial charge in [0.25, 0.3) is 17.0 Å². The third-order valence-electron chi connectivity index (χ3n) is 5.65. The molecule has 0 spiro atoms. The van der Waals surface area contributed by atoms with Gasteiger partial charge in [0.15, 0.2) is 0 Å². The van der Waals surface area contributed by atoms with Crippen molar-refractivity contribution in [3.05, 3.63) is 79.4 Å². The number of amides is 1. The van der Waals surface area contributed by atoms with Gasteiger partial charge in [-0.2, -0.15) is 5.10 Å². The predicted molar refractivity (Wildman–Crippen MR) is 128 cm³/mol. The predicted octanol–water partition coefficient (Wildman–Crippen LogP) is 0.768. The minimum Gasteiger partial charge on any atom is -0.494 e. The first-order valence-electron chi connectivity index (χ1n) is 11.5. The number of hydrogen-bond acceptors (Lipinski definition) is 7. The molecule has 2 aromatic heterocycles. The summed E-state index contributed by atoms with van der Waals surface area (Å²) in [5, 5.41) is 6.99. The Bertz CT molecular complexity index is 1350. The summed E-state index contributed by atoms with van der Waals surface area (Å²) in [6.45, 7) is 3.31. The Morgan fingerprint density at radius 2 is 2.00 bits per heavy atom. The fourth-order valence-corrected chi connectivity index (χ4v) is 3.85. The van der Waals surface area contributed by atoms with Crippen molar-refractivity contribution in [1.29, 1.82) is 0 Å². The van der Waals surface area contributed by atoms with Crippen LogP contribution in [-0.4, -0.2) is 51.1 Å². The lowest BCUT2D eigenvalue weighted by atomic mass is 10.1. The standard InChI is InChI=1S/C24H27N5O6/c1-2-34-17-7-5-16(6-8-17)20-9-10-21(30)29(27-20)12-11-25-22(31)19-14-26-24(33)28(23(19)32)15-18-4-3-13-35-18/h5-10,14,18H,2-4,11-13,15H2,1H3,(H,25,31)(H,26,33). The van der Waals surface area contributed by atoms with Crippen molar-refractivity contribution in [3.8, 4) is 17.0 Å². The van der Waals surface area contributed by atoms with Crippen molar-refractivity contribution < 1.29 is 14.3 Å². The highest BCUT2D eigenvalue weighted by molar-refractivity contribution is 5.93. The average Bonchev–Trinajstić information content (AvgIpc) is 3.37. The van der Waals surface area contributed by atoms with Crippen molar-refractivity contribution in [2.75, 3.05) is 19.8 Å². The van der Waals surface area contributed by atoms with Gasteiger partial charge in [-0.25, -0.2) is 9.48 Å². The van der Waals surface area contributed by atoms with Crippen molar-refractivity contribution in [3.63, 3.8) is 0 Å². The molecule has 184 valence electrons. The lowest BCUT2D eigenvalue weighted by Gasteiger charge is -2.12. The van der Waals surface area contributed by atoms with Gasteiger partial charge in [-0.3, -0.25) is 19.0 Å². The smallest absolute Gasteiger partial charge is 0.328 e. The van der Waals surface area contributed by atoms with Crippen LogP contribution in [0, 0.1) is 0 Å². The van der Waals surface area contributed by atoms with Gasteiger partial charge in [-0.1, -0.05) is 0 Å². The Hall–Kier alpha value is -3.99. The number of hydrogen-bond donors (Lipinski definition) is 2. The maximum atomic E-state index is 12.7. The molecule has 1 amide bonds. The first-order valence-corrected chi connectivity index (χ1v) is 11.5. The number of nitrogens with zero attached hydrogens (tertiary/aromatic N) is 3. The summed E-state index contributed by atoms with van der Waals surface area (Å²) in [7, 11) is 0. The Kier molecular flexibility index (Phi) is 7.56. The molecule has 3 heterocycles. The Morgan fingerprint density at radius 1 is 1.20 bits per heavy atom. The van der Waals surface area contributed by atoms with E-state index in [9.17, 15) is 19.2 Å². The second kappa shape index (κ2) is 11.0. The molecule has 11 heteroatoms. The van der Waals surface area contributed by atoms with Crippen LogP contribution in [0.4, 0.5) is 0 Å². The largest absolute Gasteiger partial charge is 0.494 e. The van der Waals surface area contributed by atoms with Gasteiger partial charge in [0.2, 0.25) is 0 Å². The van der Waals surface area contributed by atoms with Gasteiger partial charge < -0.3 is 19.8 Å². The van der Waals surface area contributed by atoms with Crippen LogP contribution in [0.3, 0.4) is 0 Å². The van der Waals surface area contributed by atoms with Gasteiger partial charge in [-0.15, -0.1) is 0 Å². The van der Waals surface area contributed by atoms with Crippen molar-refractivity contribution in [2.24, 2.45) is 0 Å². The zero-order valence-corrected chi connectivity index (χ0v) is 19.4.